The van der Waals surface area contributed by atoms with Crippen molar-refractivity contribution < 1.29 is 23.5 Å². The summed E-state index contributed by atoms with van der Waals surface area (Å²) in [6.45, 7) is 1.44. The minimum absolute atomic E-state index is 0.0429. The van der Waals surface area contributed by atoms with Crippen molar-refractivity contribution in [3.8, 4) is 11.4 Å². The zero-order valence-corrected chi connectivity index (χ0v) is 20.1. The van der Waals surface area contributed by atoms with Gasteiger partial charge in [0.25, 0.3) is 11.5 Å². The van der Waals surface area contributed by atoms with Gasteiger partial charge in [0.15, 0.2) is 12.3 Å². The predicted octanol–water partition coefficient (Wildman–Crippen LogP) is 4.54. The zero-order valence-electron chi connectivity index (χ0n) is 17.7. The minimum Gasteiger partial charge on any atom is -0.484 e. The molecule has 1 N–H and O–H groups in total. The van der Waals surface area contributed by atoms with Crippen molar-refractivity contribution in [2.75, 3.05) is 18.5 Å². The number of carbonyl (C=O) groups excluding carboxylic acids is 2. The number of ether oxygens (including phenoxy) is 2. The second kappa shape index (κ2) is 10.1. The highest BCUT2D eigenvalue weighted by atomic mass is 79.9. The molecule has 0 unspecified atom stereocenters. The summed E-state index contributed by atoms with van der Waals surface area (Å²) < 4.78 is 25.4. The fourth-order valence-corrected chi connectivity index (χ4v) is 4.31. The molecule has 0 spiro atoms. The van der Waals surface area contributed by atoms with Gasteiger partial charge in [-0.2, -0.15) is 9.78 Å². The van der Waals surface area contributed by atoms with Gasteiger partial charge in [0.1, 0.15) is 16.6 Å². The summed E-state index contributed by atoms with van der Waals surface area (Å²) in [5, 5.41) is 9.11. The summed E-state index contributed by atoms with van der Waals surface area (Å²) in [5.74, 6) is -1.32. The Morgan fingerprint density at radius 3 is 2.53 bits per heavy atom. The van der Waals surface area contributed by atoms with Crippen molar-refractivity contribution in [3.63, 3.8) is 0 Å². The number of halogens is 2. The van der Waals surface area contributed by atoms with E-state index in [1.807, 2.05) is 0 Å². The molecule has 2 aromatic heterocycles. The number of nitrogens with zero attached hydrogens (tertiary/aromatic N) is 2. The Morgan fingerprint density at radius 2 is 1.85 bits per heavy atom. The summed E-state index contributed by atoms with van der Waals surface area (Å²) in [4.78, 5) is 38.4. The monoisotopic (exact) mass is 545 g/mol. The topological polar surface area (TPSA) is 99.5 Å². The number of fused-ring (bicyclic) bond motifs is 1. The molecule has 0 aliphatic heterocycles. The first-order valence-corrected chi connectivity index (χ1v) is 11.7. The maximum Gasteiger partial charge on any atom is 0.359 e. The average molecular weight is 546 g/mol. The second-order valence-corrected chi connectivity index (χ2v) is 8.70. The number of hydrogen-bond donors (Lipinski definition) is 1. The summed E-state index contributed by atoms with van der Waals surface area (Å²) in [6.07, 6.45) is 0. The molecule has 0 saturated heterocycles. The molecule has 0 bridgehead atoms. The lowest BCUT2D eigenvalue weighted by Crippen LogP contribution is -2.26. The Bertz CT molecular complexity index is 1420. The number of aromatic nitrogens is 2. The molecule has 0 aliphatic rings. The number of esters is 1. The van der Waals surface area contributed by atoms with Crippen molar-refractivity contribution >= 4 is 54.9 Å². The Morgan fingerprint density at radius 1 is 1.15 bits per heavy atom. The predicted molar refractivity (Wildman–Crippen MR) is 129 cm³/mol. The molecule has 34 heavy (non-hydrogen) atoms. The number of thiophene rings is 1. The second-order valence-electron chi connectivity index (χ2n) is 6.91. The number of amides is 1. The van der Waals surface area contributed by atoms with Crippen LogP contribution in [0.15, 0.2) is 63.2 Å². The number of hydrogen-bond acceptors (Lipinski definition) is 7. The molecule has 1 amide bonds. The van der Waals surface area contributed by atoms with Crippen LogP contribution >= 0.6 is 27.3 Å². The molecule has 0 atom stereocenters. The molecule has 0 aliphatic carbocycles. The fourth-order valence-electron chi connectivity index (χ4n) is 3.09. The normalized spacial score (nSPS) is 10.8. The number of benzene rings is 2. The van der Waals surface area contributed by atoms with Crippen molar-refractivity contribution in [1.82, 2.24) is 9.78 Å². The highest BCUT2D eigenvalue weighted by molar-refractivity contribution is 9.10. The van der Waals surface area contributed by atoms with Gasteiger partial charge in [0, 0.05) is 15.2 Å². The van der Waals surface area contributed by atoms with Crippen molar-refractivity contribution in [2.24, 2.45) is 0 Å². The first-order chi connectivity index (χ1) is 16.4. The Labute approximate surface area is 205 Å². The molecular weight excluding hydrogens is 529 g/mol. The van der Waals surface area contributed by atoms with Gasteiger partial charge in [-0.1, -0.05) is 15.9 Å². The van der Waals surface area contributed by atoms with Crippen LogP contribution in [-0.4, -0.2) is 34.9 Å². The van der Waals surface area contributed by atoms with Crippen LogP contribution in [0.2, 0.25) is 0 Å². The standard InChI is InChI=1S/C23H17BrFN3O5S/c1-2-32-23(31)20-17-12-34-21(26-18(29)11-33-16-9-5-14(25)6-10-16)19(17)22(30)28(27-20)15-7-3-13(24)4-8-15/h3-10,12H,2,11H2,1H3,(H,26,29). The van der Waals surface area contributed by atoms with E-state index in [0.717, 1.165) is 20.5 Å². The van der Waals surface area contributed by atoms with E-state index >= 15 is 0 Å². The zero-order chi connectivity index (χ0) is 24.2. The van der Waals surface area contributed by atoms with Crippen LogP contribution in [0, 0.1) is 5.82 Å². The third-order valence-corrected chi connectivity index (χ3v) is 6.05. The summed E-state index contributed by atoms with van der Waals surface area (Å²) in [6, 6.07) is 12.0. The Hall–Kier alpha value is -3.57. The molecule has 2 heterocycles. The highest BCUT2D eigenvalue weighted by Crippen LogP contribution is 2.30. The summed E-state index contributed by atoms with van der Waals surface area (Å²) in [5.41, 5.74) is -0.121. The van der Waals surface area contributed by atoms with Gasteiger partial charge in [-0.05, 0) is 55.5 Å². The molecule has 2 aromatic carbocycles. The van der Waals surface area contributed by atoms with Crippen LogP contribution in [0.4, 0.5) is 9.39 Å². The van der Waals surface area contributed by atoms with Crippen LogP contribution in [0.3, 0.4) is 0 Å². The SMILES string of the molecule is CCOC(=O)c1nn(-c2ccc(Br)cc2)c(=O)c2c(NC(=O)COc3ccc(F)cc3)scc12. The van der Waals surface area contributed by atoms with E-state index in [1.54, 1.807) is 36.6 Å². The van der Waals surface area contributed by atoms with Gasteiger partial charge >= 0.3 is 5.97 Å². The third kappa shape index (κ3) is 5.00. The van der Waals surface area contributed by atoms with E-state index in [9.17, 15) is 18.8 Å². The molecule has 11 heteroatoms. The van der Waals surface area contributed by atoms with Crippen LogP contribution in [0.1, 0.15) is 17.4 Å². The van der Waals surface area contributed by atoms with Crippen molar-refractivity contribution in [3.05, 3.63) is 80.2 Å². The van der Waals surface area contributed by atoms with E-state index in [2.05, 4.69) is 26.3 Å². The molecule has 4 rings (SSSR count). The molecule has 4 aromatic rings. The van der Waals surface area contributed by atoms with Gasteiger partial charge in [0.2, 0.25) is 0 Å². The number of rotatable bonds is 7. The number of nitrogens with one attached hydrogen (secondary N) is 1. The van der Waals surface area contributed by atoms with Gasteiger partial charge in [0.05, 0.1) is 17.7 Å². The first kappa shape index (κ1) is 23.6. The molecule has 0 radical (unpaired) electrons. The van der Waals surface area contributed by atoms with Crippen LogP contribution in [0.5, 0.6) is 5.75 Å². The Balaban J connectivity index is 1.70. The van der Waals surface area contributed by atoms with E-state index in [0.29, 0.717) is 11.4 Å². The van der Waals surface area contributed by atoms with Crippen LogP contribution in [-0.2, 0) is 9.53 Å². The van der Waals surface area contributed by atoms with Crippen molar-refractivity contribution in [2.45, 2.75) is 6.92 Å². The number of anilines is 1. The maximum atomic E-state index is 13.3. The van der Waals surface area contributed by atoms with E-state index in [1.165, 1.54) is 24.3 Å². The largest absolute Gasteiger partial charge is 0.484 e. The van der Waals surface area contributed by atoms with Gasteiger partial charge < -0.3 is 14.8 Å². The lowest BCUT2D eigenvalue weighted by Gasteiger charge is -2.10. The smallest absolute Gasteiger partial charge is 0.359 e. The van der Waals surface area contributed by atoms with Gasteiger partial charge in [-0.3, -0.25) is 9.59 Å². The molecule has 0 fully saturated rings. The summed E-state index contributed by atoms with van der Waals surface area (Å²) >= 11 is 4.42. The third-order valence-electron chi connectivity index (χ3n) is 4.63. The minimum atomic E-state index is -0.686. The Kier molecular flexibility index (Phi) is 7.03. The van der Waals surface area contributed by atoms with Gasteiger partial charge in [-0.15, -0.1) is 11.3 Å². The van der Waals surface area contributed by atoms with Crippen LogP contribution < -0.4 is 15.6 Å². The quantitative estimate of drug-likeness (QED) is 0.342. The molecular formula is C23H17BrFN3O5S. The average Bonchev–Trinajstić information content (AvgIpc) is 3.24. The van der Waals surface area contributed by atoms with Crippen LogP contribution in [0.25, 0.3) is 16.5 Å². The number of carbonyl (C=O) groups is 2. The molecule has 0 saturated carbocycles. The van der Waals surface area contributed by atoms with Gasteiger partial charge in [-0.25, -0.2) is 9.18 Å². The molecule has 174 valence electrons. The van der Waals surface area contributed by atoms with E-state index in [-0.39, 0.29) is 34.7 Å². The van der Waals surface area contributed by atoms with E-state index in [4.69, 9.17) is 9.47 Å². The molecule has 8 nitrogen and oxygen atoms in total. The maximum absolute atomic E-state index is 13.3. The van der Waals surface area contributed by atoms with Crippen molar-refractivity contribution in [1.29, 1.82) is 0 Å². The highest BCUT2D eigenvalue weighted by Gasteiger charge is 2.23. The fraction of sp³-hybridized carbons (Fsp3) is 0.130. The van der Waals surface area contributed by atoms with E-state index < -0.39 is 23.3 Å². The lowest BCUT2D eigenvalue weighted by atomic mass is 10.2. The first-order valence-electron chi connectivity index (χ1n) is 10.0. The lowest BCUT2D eigenvalue weighted by molar-refractivity contribution is -0.118. The summed E-state index contributed by atoms with van der Waals surface area (Å²) in [7, 11) is 0.